The topological polar surface area (TPSA) is 69.8 Å². The number of carbonyl (C=O) groups excluding carboxylic acids is 1. The summed E-state index contributed by atoms with van der Waals surface area (Å²) in [6.07, 6.45) is 1.90. The molecule has 146 valence electrons. The quantitative estimate of drug-likeness (QED) is 0.540. The number of anilines is 2. The fourth-order valence-electron chi connectivity index (χ4n) is 3.29. The lowest BCUT2D eigenvalue weighted by atomic mass is 9.99. The van der Waals surface area contributed by atoms with Gasteiger partial charge in [0.25, 0.3) is 0 Å². The van der Waals surface area contributed by atoms with Crippen LogP contribution >= 0.6 is 23.6 Å². The van der Waals surface area contributed by atoms with E-state index in [0.29, 0.717) is 17.2 Å². The summed E-state index contributed by atoms with van der Waals surface area (Å²) >= 11 is 6.91. The van der Waals surface area contributed by atoms with Gasteiger partial charge >= 0.3 is 5.97 Å². The van der Waals surface area contributed by atoms with Gasteiger partial charge in [0.1, 0.15) is 11.7 Å². The molecule has 2 aromatic rings. The van der Waals surface area contributed by atoms with Gasteiger partial charge in [-0.25, -0.2) is 0 Å². The second-order valence-corrected chi connectivity index (χ2v) is 8.07. The lowest BCUT2D eigenvalue weighted by Gasteiger charge is -2.28. The van der Waals surface area contributed by atoms with Crippen molar-refractivity contribution >= 4 is 40.3 Å². The number of quaternary nitrogens is 1. The minimum absolute atomic E-state index is 0.0346. The molecular formula is C18H25N4O3S2+. The van der Waals surface area contributed by atoms with Crippen molar-refractivity contribution in [1.82, 2.24) is 9.78 Å². The number of nitrogens with one attached hydrogen (secondary N) is 2. The van der Waals surface area contributed by atoms with Crippen molar-refractivity contribution < 1.29 is 19.2 Å². The Morgan fingerprint density at radius 1 is 1.48 bits per heavy atom. The van der Waals surface area contributed by atoms with Crippen molar-refractivity contribution in [2.75, 3.05) is 32.1 Å². The normalized spacial score (nSPS) is 19.5. The molecule has 2 heterocycles. The molecule has 0 saturated carbocycles. The van der Waals surface area contributed by atoms with Crippen molar-refractivity contribution in [3.63, 3.8) is 0 Å². The van der Waals surface area contributed by atoms with Crippen LogP contribution in [0.5, 0.6) is 5.75 Å². The Morgan fingerprint density at radius 3 is 3.07 bits per heavy atom. The highest BCUT2D eigenvalue weighted by Gasteiger charge is 2.30. The van der Waals surface area contributed by atoms with Crippen LogP contribution in [0.25, 0.3) is 0 Å². The van der Waals surface area contributed by atoms with E-state index < -0.39 is 0 Å². The van der Waals surface area contributed by atoms with Gasteiger partial charge in [0.15, 0.2) is 10.6 Å². The average Bonchev–Trinajstić information content (AvgIpc) is 3.01. The Labute approximate surface area is 167 Å². The number of para-hydroxylation sites is 2. The number of hydrogen-bond acceptors (Lipinski definition) is 7. The summed E-state index contributed by atoms with van der Waals surface area (Å²) in [5.41, 5.74) is 0.851. The molecule has 0 bridgehead atoms. The summed E-state index contributed by atoms with van der Waals surface area (Å²) in [6.45, 7) is 4.69. The van der Waals surface area contributed by atoms with Gasteiger partial charge in [0.05, 0.1) is 32.5 Å². The molecular weight excluding hydrogens is 384 g/mol. The van der Waals surface area contributed by atoms with E-state index in [-0.39, 0.29) is 11.9 Å². The van der Waals surface area contributed by atoms with E-state index in [0.717, 1.165) is 42.5 Å². The number of esters is 1. The number of hydrogen-bond donors (Lipinski definition) is 2. The van der Waals surface area contributed by atoms with Crippen molar-refractivity contribution in [2.45, 2.75) is 26.4 Å². The number of piperidine rings is 1. The zero-order valence-corrected chi connectivity index (χ0v) is 17.2. The summed E-state index contributed by atoms with van der Waals surface area (Å²) in [4.78, 5) is 13.3. The number of nitrogens with zero attached hydrogens (tertiary/aromatic N) is 2. The van der Waals surface area contributed by atoms with E-state index in [2.05, 4.69) is 10.4 Å². The fraction of sp³-hybridized carbons (Fsp3) is 0.500. The Kier molecular flexibility index (Phi) is 6.81. The summed E-state index contributed by atoms with van der Waals surface area (Å²) in [6, 6.07) is 7.69. The molecule has 0 amide bonds. The van der Waals surface area contributed by atoms with Gasteiger partial charge < -0.3 is 19.7 Å². The Morgan fingerprint density at radius 2 is 2.30 bits per heavy atom. The maximum absolute atomic E-state index is 12.0. The van der Waals surface area contributed by atoms with Crippen LogP contribution in [0.2, 0.25) is 0 Å². The van der Waals surface area contributed by atoms with Gasteiger partial charge in [-0.15, -0.1) is 5.10 Å². The van der Waals surface area contributed by atoms with Crippen LogP contribution in [0.15, 0.2) is 24.3 Å². The van der Waals surface area contributed by atoms with Gasteiger partial charge in [-0.2, -0.15) is 4.68 Å². The maximum atomic E-state index is 12.0. The lowest BCUT2D eigenvalue weighted by Crippen LogP contribution is -3.13. The predicted octanol–water partition coefficient (Wildman–Crippen LogP) is 2.24. The number of carbonyl (C=O) groups is 1. The van der Waals surface area contributed by atoms with E-state index in [1.54, 1.807) is 7.11 Å². The molecule has 7 nitrogen and oxygen atoms in total. The zero-order chi connectivity index (χ0) is 19.2. The van der Waals surface area contributed by atoms with Crippen LogP contribution in [-0.2, 0) is 16.2 Å². The molecule has 0 radical (unpaired) electrons. The van der Waals surface area contributed by atoms with Crippen LogP contribution < -0.4 is 15.0 Å². The van der Waals surface area contributed by atoms with Crippen LogP contribution in [0.4, 0.5) is 10.8 Å². The van der Waals surface area contributed by atoms with E-state index in [4.69, 9.17) is 21.7 Å². The Bertz CT molecular complexity index is 836. The van der Waals surface area contributed by atoms with Crippen LogP contribution in [0.1, 0.15) is 19.8 Å². The van der Waals surface area contributed by atoms with Crippen molar-refractivity contribution in [3.8, 4) is 5.75 Å². The summed E-state index contributed by atoms with van der Waals surface area (Å²) in [5.74, 6) is 0.631. The van der Waals surface area contributed by atoms with Gasteiger partial charge in [-0.05, 0) is 44.1 Å². The number of aromatic nitrogens is 2. The number of methoxy groups -OCH3 is 1. The molecule has 9 heteroatoms. The van der Waals surface area contributed by atoms with E-state index in [1.165, 1.54) is 16.2 Å². The molecule has 1 fully saturated rings. The molecule has 27 heavy (non-hydrogen) atoms. The van der Waals surface area contributed by atoms with E-state index in [9.17, 15) is 4.79 Å². The molecule has 1 aliphatic rings. The highest BCUT2D eigenvalue weighted by Crippen LogP contribution is 2.28. The van der Waals surface area contributed by atoms with Gasteiger partial charge in [0, 0.05) is 0 Å². The molecule has 0 spiro atoms. The third-order valence-electron chi connectivity index (χ3n) is 4.57. The predicted molar refractivity (Wildman–Crippen MR) is 107 cm³/mol. The molecule has 1 aromatic heterocycles. The molecule has 2 atom stereocenters. The van der Waals surface area contributed by atoms with Crippen molar-refractivity contribution in [1.29, 1.82) is 0 Å². The third kappa shape index (κ3) is 5.06. The van der Waals surface area contributed by atoms with Crippen LogP contribution in [0.3, 0.4) is 0 Å². The second kappa shape index (κ2) is 9.29. The van der Waals surface area contributed by atoms with Gasteiger partial charge in [-0.1, -0.05) is 23.5 Å². The summed E-state index contributed by atoms with van der Waals surface area (Å²) < 4.78 is 13.1. The molecule has 0 aliphatic carbocycles. The number of rotatable bonds is 7. The highest BCUT2D eigenvalue weighted by atomic mass is 32.1. The first kappa shape index (κ1) is 19.8. The second-order valence-electron chi connectivity index (χ2n) is 6.45. The first-order valence-corrected chi connectivity index (χ1v) is 10.3. The Balaban J connectivity index is 1.66. The minimum atomic E-state index is -0.0879. The molecule has 1 aliphatic heterocycles. The smallest absolute Gasteiger partial charge is 0.314 e. The fourth-order valence-corrected chi connectivity index (χ4v) is 4.31. The summed E-state index contributed by atoms with van der Waals surface area (Å²) in [7, 11) is 1.64. The lowest BCUT2D eigenvalue weighted by molar-refractivity contribution is -0.930. The van der Waals surface area contributed by atoms with E-state index >= 15 is 0 Å². The zero-order valence-electron chi connectivity index (χ0n) is 15.6. The first-order chi connectivity index (χ1) is 13.1. The summed E-state index contributed by atoms with van der Waals surface area (Å²) in [5, 5.41) is 8.61. The molecule has 1 aromatic carbocycles. The first-order valence-electron chi connectivity index (χ1n) is 9.09. The van der Waals surface area contributed by atoms with Gasteiger partial charge in [-0.3, -0.25) is 4.79 Å². The van der Waals surface area contributed by atoms with Crippen LogP contribution in [0, 0.1) is 9.87 Å². The highest BCUT2D eigenvalue weighted by molar-refractivity contribution is 7.73. The molecule has 1 saturated heterocycles. The van der Waals surface area contributed by atoms with E-state index in [1.807, 2.05) is 35.9 Å². The standard InChI is InChI=1S/C18H24N4O3S2/c1-3-25-16(23)13-7-6-10-21(11-13)12-22-18(26)27-17(20-22)19-14-8-4-5-9-15(14)24-2/h4-5,8-9,13H,3,6-7,10-12H2,1-2H3,(H,19,20)/p+1/t13-/m0/s1. The minimum Gasteiger partial charge on any atom is -0.495 e. The monoisotopic (exact) mass is 409 g/mol. The molecule has 2 N–H and O–H groups in total. The van der Waals surface area contributed by atoms with Gasteiger partial charge in [0.2, 0.25) is 5.13 Å². The van der Waals surface area contributed by atoms with Crippen LogP contribution in [-0.4, -0.2) is 42.6 Å². The van der Waals surface area contributed by atoms with Crippen molar-refractivity contribution in [3.05, 3.63) is 28.2 Å². The third-order valence-corrected chi connectivity index (χ3v) is 5.79. The Hall–Kier alpha value is -1.97. The number of ether oxygens (including phenoxy) is 2. The number of benzene rings is 1. The van der Waals surface area contributed by atoms with Crippen molar-refractivity contribution in [2.24, 2.45) is 5.92 Å². The average molecular weight is 410 g/mol. The number of likely N-dealkylation sites (tertiary alicyclic amines) is 1. The maximum Gasteiger partial charge on any atom is 0.314 e. The SMILES string of the molecule is CCOC(=O)[C@H]1CCC[NH+](Cn2nc(Nc3ccccc3OC)sc2=S)C1. The molecule has 1 unspecified atom stereocenters. The molecule has 3 rings (SSSR count). The largest absolute Gasteiger partial charge is 0.495 e.